The zero-order valence-electron chi connectivity index (χ0n) is 23.3. The first-order valence-corrected chi connectivity index (χ1v) is 16.2. The number of aromatic nitrogens is 3. The molecule has 0 N–H and O–H groups in total. The fourth-order valence-corrected chi connectivity index (χ4v) is 7.41. The molecule has 6 heteroatoms. The quantitative estimate of drug-likeness (QED) is 0.197. The Labute approximate surface area is 261 Å². The van der Waals surface area contributed by atoms with Crippen LogP contribution in [0.3, 0.4) is 0 Å². The van der Waals surface area contributed by atoms with Crippen molar-refractivity contribution in [2.75, 3.05) is 0 Å². The predicted molar refractivity (Wildman–Crippen MR) is 184 cm³/mol. The van der Waals surface area contributed by atoms with E-state index in [0.29, 0.717) is 5.89 Å². The van der Waals surface area contributed by atoms with Crippen LogP contribution in [0.15, 0.2) is 141 Å². The topological polar surface area (TPSA) is 43.9 Å². The molecule has 0 amide bonds. The largest absolute Gasteiger partial charge is 0.436 e. The maximum atomic E-state index is 6.22. The van der Waals surface area contributed by atoms with Gasteiger partial charge in [-0.1, -0.05) is 42.5 Å². The number of para-hydroxylation sites is 2. The molecule has 0 saturated heterocycles. The van der Waals surface area contributed by atoms with Gasteiger partial charge >= 0.3 is 0 Å². The minimum absolute atomic E-state index is 0.615. The van der Waals surface area contributed by atoms with Crippen LogP contribution in [0.2, 0.25) is 0 Å². The van der Waals surface area contributed by atoms with Crippen LogP contribution in [0.1, 0.15) is 0 Å². The van der Waals surface area contributed by atoms with Crippen LogP contribution in [0.4, 0.5) is 0 Å². The fourth-order valence-electron chi connectivity index (χ4n) is 6.09. The van der Waals surface area contributed by atoms with Gasteiger partial charge in [-0.05, 0) is 105 Å². The van der Waals surface area contributed by atoms with Crippen LogP contribution in [0.5, 0.6) is 0 Å². The Morgan fingerprint density at radius 2 is 1.41 bits per heavy atom. The molecule has 0 saturated carbocycles. The highest BCUT2D eigenvalue weighted by Crippen LogP contribution is 2.41. The second kappa shape index (κ2) is 10.2. The van der Waals surface area contributed by atoms with E-state index in [-0.39, 0.29) is 0 Å². The van der Waals surface area contributed by atoms with Gasteiger partial charge in [0.05, 0.1) is 22.4 Å². The minimum atomic E-state index is 0.615. The molecule has 0 bridgehead atoms. The summed E-state index contributed by atoms with van der Waals surface area (Å²) in [5, 5.41) is 11.1. The summed E-state index contributed by atoms with van der Waals surface area (Å²) in [5.74, 6) is 0.615. The van der Waals surface area contributed by atoms with Crippen molar-refractivity contribution in [3.8, 4) is 50.7 Å². The molecule has 4 aromatic carbocycles. The lowest BCUT2D eigenvalue weighted by Gasteiger charge is -2.15. The molecule has 0 spiro atoms. The van der Waals surface area contributed by atoms with Crippen LogP contribution in [-0.2, 0) is 0 Å². The molecule has 4 nitrogen and oxygen atoms in total. The highest BCUT2D eigenvalue weighted by molar-refractivity contribution is 7.08. The third-order valence-electron chi connectivity index (χ3n) is 8.19. The van der Waals surface area contributed by atoms with Gasteiger partial charge in [-0.15, -0.1) is 0 Å². The number of fused-ring (bicyclic) bond motifs is 4. The molecule has 5 aromatic heterocycles. The Kier molecular flexibility index (Phi) is 5.82. The zero-order chi connectivity index (χ0) is 29.0. The van der Waals surface area contributed by atoms with Crippen molar-refractivity contribution < 1.29 is 4.42 Å². The number of hydrogen-bond donors (Lipinski definition) is 0. The molecule has 0 aliphatic heterocycles. The second-order valence-electron chi connectivity index (χ2n) is 10.8. The van der Waals surface area contributed by atoms with Crippen LogP contribution in [0, 0.1) is 0 Å². The number of rotatable bonds is 5. The first kappa shape index (κ1) is 25.2. The average Bonchev–Trinajstić information content (AvgIpc) is 3.90. The summed E-state index contributed by atoms with van der Waals surface area (Å²) < 4.78 is 8.62. The number of nitrogens with zero attached hydrogens (tertiary/aromatic N) is 3. The van der Waals surface area contributed by atoms with Gasteiger partial charge < -0.3 is 8.98 Å². The maximum Gasteiger partial charge on any atom is 0.227 e. The van der Waals surface area contributed by atoms with E-state index in [2.05, 4.69) is 104 Å². The van der Waals surface area contributed by atoms with Crippen LogP contribution in [-0.4, -0.2) is 14.5 Å². The van der Waals surface area contributed by atoms with E-state index in [1.54, 1.807) is 22.7 Å². The zero-order valence-corrected chi connectivity index (χ0v) is 25.0. The summed E-state index contributed by atoms with van der Waals surface area (Å²) in [7, 11) is 0. The minimum Gasteiger partial charge on any atom is -0.436 e. The van der Waals surface area contributed by atoms with Gasteiger partial charge in [0.15, 0.2) is 5.58 Å². The lowest BCUT2D eigenvalue weighted by atomic mass is 10.0. The summed E-state index contributed by atoms with van der Waals surface area (Å²) >= 11 is 3.43. The molecule has 44 heavy (non-hydrogen) atoms. The van der Waals surface area contributed by atoms with Crippen LogP contribution < -0.4 is 0 Å². The van der Waals surface area contributed by atoms with Gasteiger partial charge in [-0.3, -0.25) is 4.98 Å². The van der Waals surface area contributed by atoms with Gasteiger partial charge in [0.1, 0.15) is 5.52 Å². The molecule has 9 aromatic rings. The number of thiophene rings is 2. The summed E-state index contributed by atoms with van der Waals surface area (Å²) in [5.41, 5.74) is 12.7. The molecule has 0 radical (unpaired) electrons. The summed E-state index contributed by atoms with van der Waals surface area (Å²) in [6.45, 7) is 0. The van der Waals surface area contributed by atoms with Crippen molar-refractivity contribution in [1.29, 1.82) is 0 Å². The first-order chi connectivity index (χ1) is 21.8. The monoisotopic (exact) mass is 601 g/mol. The Bertz CT molecular complexity index is 2400. The van der Waals surface area contributed by atoms with Crippen LogP contribution in [0.25, 0.3) is 83.6 Å². The molecule has 0 aliphatic rings. The number of benzene rings is 4. The van der Waals surface area contributed by atoms with E-state index in [9.17, 15) is 0 Å². The van der Waals surface area contributed by atoms with Gasteiger partial charge in [-0.25, -0.2) is 4.98 Å². The maximum absolute atomic E-state index is 6.22. The van der Waals surface area contributed by atoms with E-state index >= 15 is 0 Å². The van der Waals surface area contributed by atoms with Crippen molar-refractivity contribution in [2.24, 2.45) is 0 Å². The highest BCUT2D eigenvalue weighted by atomic mass is 32.1. The summed E-state index contributed by atoms with van der Waals surface area (Å²) in [6, 6.07) is 38.4. The Morgan fingerprint density at radius 1 is 0.591 bits per heavy atom. The molecular formula is C38H23N3OS2. The lowest BCUT2D eigenvalue weighted by Crippen LogP contribution is -1.98. The van der Waals surface area contributed by atoms with E-state index in [4.69, 9.17) is 9.40 Å². The Hall–Kier alpha value is -5.30. The second-order valence-corrected chi connectivity index (χ2v) is 12.3. The first-order valence-electron chi connectivity index (χ1n) is 14.4. The summed E-state index contributed by atoms with van der Waals surface area (Å²) in [4.78, 5) is 9.50. The number of hydrogen-bond acceptors (Lipinski definition) is 5. The van der Waals surface area contributed by atoms with E-state index < -0.39 is 0 Å². The van der Waals surface area contributed by atoms with Crippen molar-refractivity contribution in [3.05, 3.63) is 137 Å². The molecule has 0 unspecified atom stereocenters. The van der Waals surface area contributed by atoms with Crippen LogP contribution >= 0.6 is 22.7 Å². The van der Waals surface area contributed by atoms with Crippen molar-refractivity contribution in [3.63, 3.8) is 0 Å². The lowest BCUT2D eigenvalue weighted by molar-refractivity contribution is 0.620. The van der Waals surface area contributed by atoms with E-state index in [1.807, 2.05) is 42.6 Å². The van der Waals surface area contributed by atoms with Gasteiger partial charge in [-0.2, -0.15) is 22.7 Å². The average molecular weight is 602 g/mol. The normalized spacial score (nSPS) is 11.6. The van der Waals surface area contributed by atoms with Gasteiger partial charge in [0.25, 0.3) is 0 Å². The molecular weight excluding hydrogens is 579 g/mol. The van der Waals surface area contributed by atoms with Crippen molar-refractivity contribution in [2.45, 2.75) is 0 Å². The van der Waals surface area contributed by atoms with Crippen molar-refractivity contribution in [1.82, 2.24) is 14.5 Å². The molecule has 9 rings (SSSR count). The Balaban J connectivity index is 1.36. The summed E-state index contributed by atoms with van der Waals surface area (Å²) in [6.07, 6.45) is 1.85. The predicted octanol–water partition coefficient (Wildman–Crippen LogP) is 11.1. The molecule has 5 heterocycles. The molecule has 208 valence electrons. The Morgan fingerprint density at radius 3 is 2.23 bits per heavy atom. The van der Waals surface area contributed by atoms with E-state index in [0.717, 1.165) is 44.6 Å². The highest BCUT2D eigenvalue weighted by Gasteiger charge is 2.20. The standard InChI is InChI=1S/C38H23N3OS2/c1-2-7-37-33(6-1)40-38(42-37)26-9-12-30-31-19-24(27-14-17-43-22-27)10-13-34(31)41(36(30)21-26)35-20-25(32-5-3-4-16-39-32)8-11-29(35)28-15-18-44-23-28/h1-23H. The SMILES string of the molecule is c1ccc(-c2ccc(-c3ccsc3)c(-n3c4ccc(-c5ccsc5)cc4c4ccc(-c5nc6ccccc6o5)cc43)c2)nc1. The molecule has 0 fully saturated rings. The number of pyridine rings is 1. The van der Waals surface area contributed by atoms with E-state index in [1.165, 1.54) is 33.0 Å². The molecule has 0 atom stereocenters. The third kappa shape index (κ3) is 4.11. The van der Waals surface area contributed by atoms with Gasteiger partial charge in [0.2, 0.25) is 5.89 Å². The van der Waals surface area contributed by atoms with Gasteiger partial charge in [0, 0.05) is 33.7 Å². The smallest absolute Gasteiger partial charge is 0.227 e. The third-order valence-corrected chi connectivity index (χ3v) is 9.56. The molecule has 0 aliphatic carbocycles. The fraction of sp³-hybridized carbons (Fsp3) is 0. The number of oxazole rings is 1. The van der Waals surface area contributed by atoms with Crippen molar-refractivity contribution >= 4 is 55.6 Å².